The van der Waals surface area contributed by atoms with Crippen molar-refractivity contribution < 1.29 is 9.47 Å². The van der Waals surface area contributed by atoms with E-state index in [4.69, 9.17) is 9.47 Å². The molecule has 1 aromatic heterocycles. The lowest BCUT2D eigenvalue weighted by atomic mass is 10.2. The highest BCUT2D eigenvalue weighted by Gasteiger charge is 2.11. The van der Waals surface area contributed by atoms with Crippen LogP contribution < -0.4 is 9.47 Å². The molecule has 0 bridgehead atoms. The van der Waals surface area contributed by atoms with Crippen LogP contribution in [0.15, 0.2) is 24.3 Å². The van der Waals surface area contributed by atoms with Crippen molar-refractivity contribution >= 4 is 21.4 Å². The smallest absolute Gasteiger partial charge is 0.217 e. The summed E-state index contributed by atoms with van der Waals surface area (Å²) in [5, 5.41) is 1.95. The molecular weight excluding hydrogens is 184 g/mol. The van der Waals surface area contributed by atoms with E-state index in [1.54, 1.807) is 25.6 Å². The summed E-state index contributed by atoms with van der Waals surface area (Å²) >= 11 is 1.60. The minimum atomic E-state index is 0.836. The van der Waals surface area contributed by atoms with Crippen molar-refractivity contribution in [2.45, 2.75) is 0 Å². The van der Waals surface area contributed by atoms with Gasteiger partial charge in [-0.15, -0.1) is 0 Å². The molecule has 1 heterocycles. The molecule has 0 aliphatic carbocycles. The van der Waals surface area contributed by atoms with Crippen LogP contribution in [0.1, 0.15) is 0 Å². The number of fused-ring (bicyclic) bond motifs is 1. The summed E-state index contributed by atoms with van der Waals surface area (Å²) in [6.07, 6.45) is 0. The number of benzene rings is 1. The van der Waals surface area contributed by atoms with Crippen molar-refractivity contribution in [1.82, 2.24) is 0 Å². The molecule has 0 saturated heterocycles. The Morgan fingerprint density at radius 2 is 1.85 bits per heavy atom. The molecule has 1 aromatic carbocycles. The average Bonchev–Trinajstić information content (AvgIpc) is 2.55. The van der Waals surface area contributed by atoms with Crippen molar-refractivity contribution in [3.63, 3.8) is 0 Å². The zero-order valence-electron chi connectivity index (χ0n) is 7.53. The van der Waals surface area contributed by atoms with Crippen LogP contribution in [0.5, 0.6) is 10.8 Å². The van der Waals surface area contributed by atoms with E-state index in [2.05, 4.69) is 6.07 Å². The Kier molecular flexibility index (Phi) is 2.10. The molecule has 68 valence electrons. The summed E-state index contributed by atoms with van der Waals surface area (Å²) in [6.45, 7) is 0. The van der Waals surface area contributed by atoms with Gasteiger partial charge in [-0.05, 0) is 12.1 Å². The molecule has 0 saturated carbocycles. The van der Waals surface area contributed by atoms with E-state index in [0.717, 1.165) is 16.2 Å². The number of thiophene rings is 1. The van der Waals surface area contributed by atoms with E-state index >= 15 is 0 Å². The Balaban J connectivity index is 2.73. The third-order valence-corrected chi connectivity index (χ3v) is 3.02. The maximum atomic E-state index is 5.27. The SMILES string of the molecule is COc1sc2ccccc2c1OC. The zero-order valence-corrected chi connectivity index (χ0v) is 8.35. The summed E-state index contributed by atoms with van der Waals surface area (Å²) in [7, 11) is 3.32. The standard InChI is InChI=1S/C10H10O2S/c1-11-9-7-5-3-4-6-8(7)13-10(9)12-2/h3-6H,1-2H3. The first-order valence-electron chi connectivity index (χ1n) is 3.96. The molecule has 13 heavy (non-hydrogen) atoms. The predicted molar refractivity (Wildman–Crippen MR) is 54.9 cm³/mol. The average molecular weight is 194 g/mol. The first-order valence-corrected chi connectivity index (χ1v) is 4.78. The zero-order chi connectivity index (χ0) is 9.26. The van der Waals surface area contributed by atoms with E-state index in [0.29, 0.717) is 0 Å². The quantitative estimate of drug-likeness (QED) is 0.731. The summed E-state index contributed by atoms with van der Waals surface area (Å²) in [5.74, 6) is 0.836. The number of hydrogen-bond donors (Lipinski definition) is 0. The van der Waals surface area contributed by atoms with Gasteiger partial charge in [0.15, 0.2) is 5.75 Å². The van der Waals surface area contributed by atoms with Gasteiger partial charge in [0.25, 0.3) is 0 Å². The molecule has 2 aromatic rings. The first-order chi connectivity index (χ1) is 6.36. The van der Waals surface area contributed by atoms with Gasteiger partial charge in [0.05, 0.1) is 14.2 Å². The van der Waals surface area contributed by atoms with Crippen LogP contribution in [0.4, 0.5) is 0 Å². The predicted octanol–water partition coefficient (Wildman–Crippen LogP) is 2.92. The molecule has 0 spiro atoms. The van der Waals surface area contributed by atoms with Gasteiger partial charge in [-0.3, -0.25) is 0 Å². The van der Waals surface area contributed by atoms with E-state index in [1.165, 1.54) is 4.70 Å². The van der Waals surface area contributed by atoms with E-state index < -0.39 is 0 Å². The third-order valence-electron chi connectivity index (χ3n) is 1.91. The largest absolute Gasteiger partial charge is 0.491 e. The molecule has 3 heteroatoms. The fourth-order valence-electron chi connectivity index (χ4n) is 1.33. The molecule has 0 amide bonds. The number of methoxy groups -OCH3 is 2. The highest BCUT2D eigenvalue weighted by atomic mass is 32.1. The van der Waals surface area contributed by atoms with E-state index in [1.807, 2.05) is 18.2 Å². The van der Waals surface area contributed by atoms with Crippen molar-refractivity contribution in [3.05, 3.63) is 24.3 Å². The Bertz CT molecular complexity index is 420. The highest BCUT2D eigenvalue weighted by molar-refractivity contribution is 7.21. The second-order valence-corrected chi connectivity index (χ2v) is 3.64. The summed E-state index contributed by atoms with van der Waals surface area (Å²) in [6, 6.07) is 8.10. The van der Waals surface area contributed by atoms with Crippen LogP contribution in [-0.4, -0.2) is 14.2 Å². The number of ether oxygens (including phenoxy) is 2. The Morgan fingerprint density at radius 3 is 2.54 bits per heavy atom. The monoisotopic (exact) mass is 194 g/mol. The van der Waals surface area contributed by atoms with E-state index in [9.17, 15) is 0 Å². The maximum absolute atomic E-state index is 5.27. The van der Waals surface area contributed by atoms with Gasteiger partial charge in [0.2, 0.25) is 5.06 Å². The van der Waals surface area contributed by atoms with Crippen molar-refractivity contribution in [2.24, 2.45) is 0 Å². The Labute approximate surface area is 80.7 Å². The molecule has 0 aliphatic heterocycles. The number of hydrogen-bond acceptors (Lipinski definition) is 3. The lowest BCUT2D eigenvalue weighted by molar-refractivity contribution is 0.367. The molecule has 0 fully saturated rings. The molecule has 2 nitrogen and oxygen atoms in total. The van der Waals surface area contributed by atoms with Gasteiger partial charge in [0.1, 0.15) is 0 Å². The minimum absolute atomic E-state index is 0.836. The van der Waals surface area contributed by atoms with Crippen LogP contribution in [0.2, 0.25) is 0 Å². The molecule has 2 rings (SSSR count). The fraction of sp³-hybridized carbons (Fsp3) is 0.200. The van der Waals surface area contributed by atoms with Gasteiger partial charge in [-0.2, -0.15) is 0 Å². The number of rotatable bonds is 2. The summed E-state index contributed by atoms with van der Waals surface area (Å²) in [5.41, 5.74) is 0. The van der Waals surface area contributed by atoms with Crippen LogP contribution in [0, 0.1) is 0 Å². The summed E-state index contributed by atoms with van der Waals surface area (Å²) < 4.78 is 11.7. The van der Waals surface area contributed by atoms with E-state index in [-0.39, 0.29) is 0 Å². The fourth-order valence-corrected chi connectivity index (χ4v) is 2.31. The molecule has 0 atom stereocenters. The van der Waals surface area contributed by atoms with Gasteiger partial charge < -0.3 is 9.47 Å². The van der Waals surface area contributed by atoms with Crippen molar-refractivity contribution in [3.8, 4) is 10.8 Å². The van der Waals surface area contributed by atoms with Crippen molar-refractivity contribution in [2.75, 3.05) is 14.2 Å². The summed E-state index contributed by atoms with van der Waals surface area (Å²) in [4.78, 5) is 0. The Morgan fingerprint density at radius 1 is 1.08 bits per heavy atom. The third kappa shape index (κ3) is 1.25. The molecule has 0 aliphatic rings. The Hall–Kier alpha value is -1.22. The van der Waals surface area contributed by atoms with Crippen molar-refractivity contribution in [1.29, 1.82) is 0 Å². The van der Waals surface area contributed by atoms with Gasteiger partial charge in [-0.1, -0.05) is 23.5 Å². The maximum Gasteiger partial charge on any atom is 0.217 e. The van der Waals surface area contributed by atoms with Crippen LogP contribution in [0.3, 0.4) is 0 Å². The first kappa shape index (κ1) is 8.38. The lowest BCUT2D eigenvalue weighted by Crippen LogP contribution is -1.84. The second-order valence-electron chi connectivity index (χ2n) is 2.62. The normalized spacial score (nSPS) is 10.3. The molecule has 0 radical (unpaired) electrons. The lowest BCUT2D eigenvalue weighted by Gasteiger charge is -1.99. The topological polar surface area (TPSA) is 18.5 Å². The van der Waals surface area contributed by atoms with Gasteiger partial charge in [0, 0.05) is 10.1 Å². The van der Waals surface area contributed by atoms with Crippen LogP contribution >= 0.6 is 11.3 Å². The molecular formula is C10H10O2S. The van der Waals surface area contributed by atoms with Gasteiger partial charge >= 0.3 is 0 Å². The van der Waals surface area contributed by atoms with Gasteiger partial charge in [-0.25, -0.2) is 0 Å². The minimum Gasteiger partial charge on any atom is -0.491 e. The van der Waals surface area contributed by atoms with Crippen LogP contribution in [-0.2, 0) is 0 Å². The highest BCUT2D eigenvalue weighted by Crippen LogP contribution is 2.43. The second kappa shape index (κ2) is 3.26. The molecule has 0 unspecified atom stereocenters. The van der Waals surface area contributed by atoms with Crippen LogP contribution in [0.25, 0.3) is 10.1 Å². The molecule has 0 N–H and O–H groups in total.